The number of hydrogen-bond acceptors (Lipinski definition) is 6. The number of benzene rings is 2. The first-order chi connectivity index (χ1) is 15.4. The first-order valence-electron chi connectivity index (χ1n) is 10.3. The maximum absolute atomic E-state index is 12.9. The summed E-state index contributed by atoms with van der Waals surface area (Å²) in [5.74, 6) is 1.53. The summed E-state index contributed by atoms with van der Waals surface area (Å²) < 4.78 is 21.6. The summed E-state index contributed by atoms with van der Waals surface area (Å²) in [4.78, 5) is 14.7. The molecule has 170 valence electrons. The molecule has 2 aromatic rings. The maximum atomic E-state index is 12.9. The van der Waals surface area contributed by atoms with Crippen LogP contribution in [-0.2, 0) is 9.53 Å². The van der Waals surface area contributed by atoms with Crippen LogP contribution in [0.4, 0.5) is 5.69 Å². The molecule has 3 rings (SSSR count). The van der Waals surface area contributed by atoms with Crippen LogP contribution < -0.4 is 24.4 Å². The second kappa shape index (κ2) is 10.4. The number of nitrogens with one attached hydrogen (secondary N) is 1. The second-order valence-electron chi connectivity index (χ2n) is 7.17. The van der Waals surface area contributed by atoms with E-state index < -0.39 is 12.0 Å². The Kier molecular flexibility index (Phi) is 7.58. The van der Waals surface area contributed by atoms with Gasteiger partial charge < -0.3 is 24.3 Å². The first kappa shape index (κ1) is 23.4. The number of nitrogens with zero attached hydrogens (tertiary/aromatic N) is 1. The summed E-state index contributed by atoms with van der Waals surface area (Å²) in [7, 11) is 4.58. The van der Waals surface area contributed by atoms with E-state index >= 15 is 0 Å². The summed E-state index contributed by atoms with van der Waals surface area (Å²) >= 11 is 5.69. The zero-order chi connectivity index (χ0) is 23.3. The predicted octanol–water partition coefficient (Wildman–Crippen LogP) is 4.38. The zero-order valence-corrected chi connectivity index (χ0v) is 19.7. The van der Waals surface area contributed by atoms with Crippen molar-refractivity contribution in [3.63, 3.8) is 0 Å². The predicted molar refractivity (Wildman–Crippen MR) is 127 cm³/mol. The Morgan fingerprint density at radius 3 is 2.38 bits per heavy atom. The van der Waals surface area contributed by atoms with Crippen molar-refractivity contribution in [3.8, 4) is 17.2 Å². The Hall–Kier alpha value is -3.26. The van der Waals surface area contributed by atoms with Crippen molar-refractivity contribution in [2.75, 3.05) is 32.8 Å². The quantitative estimate of drug-likeness (QED) is 0.464. The van der Waals surface area contributed by atoms with Gasteiger partial charge in [-0.3, -0.25) is 4.90 Å². The molecule has 1 aliphatic rings. The fourth-order valence-corrected chi connectivity index (χ4v) is 3.97. The van der Waals surface area contributed by atoms with Gasteiger partial charge in [-0.25, -0.2) is 4.79 Å². The van der Waals surface area contributed by atoms with Crippen molar-refractivity contribution < 1.29 is 23.7 Å². The zero-order valence-electron chi connectivity index (χ0n) is 18.9. The molecule has 0 saturated heterocycles. The minimum absolute atomic E-state index is 0.437. The number of hydrogen-bond donors (Lipinski definition) is 1. The van der Waals surface area contributed by atoms with Crippen LogP contribution in [0.2, 0.25) is 0 Å². The fourth-order valence-electron chi connectivity index (χ4n) is 3.61. The number of methoxy groups -OCH3 is 3. The SMILES string of the molecule is CCCOc1cc(C2NC(=S)N(c3ccc(OC)cc3)C(C)=C2C(=O)OC)ccc1OC. The van der Waals surface area contributed by atoms with Crippen molar-refractivity contribution in [1.82, 2.24) is 5.32 Å². The fraction of sp³-hybridized carbons (Fsp3) is 0.333. The Balaban J connectivity index is 2.08. The van der Waals surface area contributed by atoms with E-state index in [0.29, 0.717) is 34.5 Å². The number of carbonyl (C=O) groups excluding carboxylic acids is 1. The van der Waals surface area contributed by atoms with Gasteiger partial charge in [0.15, 0.2) is 16.6 Å². The number of allylic oxidation sites excluding steroid dienone is 1. The lowest BCUT2D eigenvalue weighted by atomic mass is 9.94. The van der Waals surface area contributed by atoms with Gasteiger partial charge in [0, 0.05) is 11.4 Å². The third-order valence-corrected chi connectivity index (χ3v) is 5.50. The maximum Gasteiger partial charge on any atom is 0.337 e. The average Bonchev–Trinajstić information content (AvgIpc) is 2.82. The Morgan fingerprint density at radius 2 is 1.78 bits per heavy atom. The molecule has 0 fully saturated rings. The number of carbonyl (C=O) groups is 1. The molecule has 0 amide bonds. The van der Waals surface area contributed by atoms with E-state index in [4.69, 9.17) is 31.2 Å². The molecule has 0 radical (unpaired) electrons. The number of rotatable bonds is 8. The Labute approximate surface area is 193 Å². The molecule has 0 aromatic heterocycles. The van der Waals surface area contributed by atoms with Gasteiger partial charge in [0.25, 0.3) is 0 Å². The lowest BCUT2D eigenvalue weighted by molar-refractivity contribution is -0.136. The van der Waals surface area contributed by atoms with Gasteiger partial charge in [-0.2, -0.15) is 0 Å². The van der Waals surface area contributed by atoms with Crippen LogP contribution in [0.5, 0.6) is 17.2 Å². The van der Waals surface area contributed by atoms with Crippen LogP contribution in [-0.4, -0.2) is 39.0 Å². The van der Waals surface area contributed by atoms with Gasteiger partial charge >= 0.3 is 5.97 Å². The van der Waals surface area contributed by atoms with Crippen LogP contribution in [0.3, 0.4) is 0 Å². The molecule has 1 aliphatic heterocycles. The number of thiocarbonyl (C=S) groups is 1. The van der Waals surface area contributed by atoms with E-state index in [2.05, 4.69) is 5.32 Å². The van der Waals surface area contributed by atoms with Crippen LogP contribution in [0.15, 0.2) is 53.7 Å². The van der Waals surface area contributed by atoms with E-state index in [1.165, 1.54) is 7.11 Å². The molecule has 0 saturated carbocycles. The normalized spacial score (nSPS) is 15.8. The summed E-state index contributed by atoms with van der Waals surface area (Å²) in [6.45, 7) is 4.45. The van der Waals surface area contributed by atoms with Crippen LogP contribution in [0, 0.1) is 0 Å². The molecule has 0 aliphatic carbocycles. The molecular weight excluding hydrogens is 428 g/mol. The van der Waals surface area contributed by atoms with E-state index in [9.17, 15) is 4.79 Å². The Bertz CT molecular complexity index is 1020. The van der Waals surface area contributed by atoms with E-state index in [0.717, 1.165) is 23.4 Å². The van der Waals surface area contributed by atoms with Crippen LogP contribution in [0.1, 0.15) is 31.9 Å². The summed E-state index contributed by atoms with van der Waals surface area (Å²) in [5, 5.41) is 3.77. The molecule has 7 nitrogen and oxygen atoms in total. The Morgan fingerprint density at radius 1 is 1.06 bits per heavy atom. The van der Waals surface area contributed by atoms with Crippen LogP contribution >= 0.6 is 12.2 Å². The standard InChI is InChI=1S/C24H28N2O5S/c1-6-13-31-20-14-16(7-12-19(20)29-4)22-21(23(27)30-5)15(2)26(24(32)25-22)17-8-10-18(28-3)11-9-17/h7-12,14,22H,6,13H2,1-5H3,(H,25,32). The van der Waals surface area contributed by atoms with Gasteiger partial charge in [0.05, 0.1) is 39.6 Å². The molecule has 8 heteroatoms. The second-order valence-corrected chi connectivity index (χ2v) is 7.55. The van der Waals surface area contributed by atoms with Crippen molar-refractivity contribution >= 4 is 29.0 Å². The first-order valence-corrected chi connectivity index (χ1v) is 10.7. The molecule has 1 atom stereocenters. The van der Waals surface area contributed by atoms with E-state index in [1.54, 1.807) is 14.2 Å². The summed E-state index contributed by atoms with van der Waals surface area (Å²) in [6, 6.07) is 12.5. The number of anilines is 1. The van der Waals surface area contributed by atoms with Gasteiger partial charge in [0.1, 0.15) is 5.75 Å². The van der Waals surface area contributed by atoms with Gasteiger partial charge in [-0.15, -0.1) is 0 Å². The third-order valence-electron chi connectivity index (χ3n) is 5.20. The molecule has 1 unspecified atom stereocenters. The summed E-state index contributed by atoms with van der Waals surface area (Å²) in [5.41, 5.74) is 2.77. The minimum atomic E-state index is -0.501. The highest BCUT2D eigenvalue weighted by molar-refractivity contribution is 7.80. The smallest absolute Gasteiger partial charge is 0.337 e. The monoisotopic (exact) mass is 456 g/mol. The van der Waals surface area contributed by atoms with Crippen molar-refractivity contribution in [2.24, 2.45) is 0 Å². The molecule has 1 N–H and O–H groups in total. The van der Waals surface area contributed by atoms with Crippen LogP contribution in [0.25, 0.3) is 0 Å². The average molecular weight is 457 g/mol. The minimum Gasteiger partial charge on any atom is -0.497 e. The molecule has 2 aromatic carbocycles. The van der Waals surface area contributed by atoms with E-state index in [-0.39, 0.29) is 0 Å². The molecular formula is C24H28N2O5S. The lowest BCUT2D eigenvalue weighted by Crippen LogP contribution is -2.48. The molecule has 0 bridgehead atoms. The largest absolute Gasteiger partial charge is 0.497 e. The topological polar surface area (TPSA) is 69.3 Å². The van der Waals surface area contributed by atoms with E-state index in [1.807, 2.05) is 61.2 Å². The number of esters is 1. The van der Waals surface area contributed by atoms with Crippen molar-refractivity contribution in [3.05, 3.63) is 59.3 Å². The molecule has 0 spiro atoms. The van der Waals surface area contributed by atoms with Gasteiger partial charge in [0.2, 0.25) is 0 Å². The lowest BCUT2D eigenvalue weighted by Gasteiger charge is -2.37. The van der Waals surface area contributed by atoms with Crippen molar-refractivity contribution in [2.45, 2.75) is 26.3 Å². The van der Waals surface area contributed by atoms with Crippen molar-refractivity contribution in [1.29, 1.82) is 0 Å². The summed E-state index contributed by atoms with van der Waals surface area (Å²) in [6.07, 6.45) is 0.863. The highest BCUT2D eigenvalue weighted by atomic mass is 32.1. The third kappa shape index (κ3) is 4.65. The highest BCUT2D eigenvalue weighted by Crippen LogP contribution is 2.38. The van der Waals surface area contributed by atoms with Gasteiger partial charge in [-0.05, 0) is 67.5 Å². The van der Waals surface area contributed by atoms with Gasteiger partial charge in [-0.1, -0.05) is 13.0 Å². The molecule has 32 heavy (non-hydrogen) atoms. The highest BCUT2D eigenvalue weighted by Gasteiger charge is 2.35. The number of ether oxygens (including phenoxy) is 4. The molecule has 1 heterocycles.